The van der Waals surface area contributed by atoms with Gasteiger partial charge in [-0.15, -0.1) is 0 Å². The molecule has 0 heterocycles. The first-order valence-electron chi connectivity index (χ1n) is 6.96. The Hall–Kier alpha value is -1.32. The lowest BCUT2D eigenvalue weighted by Crippen LogP contribution is -2.37. The Bertz CT molecular complexity index is 854. The average Bonchev–Trinajstić information content (AvgIpc) is 2.49. The first-order valence-corrected chi connectivity index (χ1v) is 10.3. The molecule has 0 unspecified atom stereocenters. The second-order valence-electron chi connectivity index (χ2n) is 5.26. The second-order valence-corrected chi connectivity index (χ2v) is 8.82. The van der Waals surface area contributed by atoms with E-state index < -0.39 is 15.9 Å². The second kappa shape index (κ2) is 7.71. The van der Waals surface area contributed by atoms with Crippen molar-refractivity contribution in [2.75, 3.05) is 22.4 Å². The average molecular weight is 479 g/mol. The zero-order valence-corrected chi connectivity index (χ0v) is 16.8. The molecular weight excluding hydrogens is 463 g/mol. The molecule has 0 bridgehead atoms. The first kappa shape index (κ1) is 19.0. The molecule has 5 nitrogen and oxygen atoms in total. The van der Waals surface area contributed by atoms with Crippen molar-refractivity contribution >= 4 is 61.5 Å². The summed E-state index contributed by atoms with van der Waals surface area (Å²) in [5.41, 5.74) is 1.85. The van der Waals surface area contributed by atoms with Gasteiger partial charge in [-0.2, -0.15) is 0 Å². The lowest BCUT2D eigenvalue weighted by molar-refractivity contribution is -0.114. The standard InChI is InChI=1S/C16H16ClIN2O3S/c1-11-3-6-13(9-15(11)17)19-16(21)10-20(24(2,22)23)14-7-4-12(18)5-8-14/h3-9H,10H2,1-2H3,(H,19,21). The highest BCUT2D eigenvalue weighted by Crippen LogP contribution is 2.21. The molecule has 2 aromatic carbocycles. The molecule has 0 aromatic heterocycles. The van der Waals surface area contributed by atoms with Crippen LogP contribution in [0.15, 0.2) is 42.5 Å². The molecule has 128 valence electrons. The Morgan fingerprint density at radius 3 is 2.38 bits per heavy atom. The van der Waals surface area contributed by atoms with Crippen LogP contribution in [0.4, 0.5) is 11.4 Å². The van der Waals surface area contributed by atoms with Crippen LogP contribution in [0.5, 0.6) is 0 Å². The molecule has 8 heteroatoms. The summed E-state index contributed by atoms with van der Waals surface area (Å²) in [6.07, 6.45) is 1.07. The van der Waals surface area contributed by atoms with Crippen molar-refractivity contribution in [1.82, 2.24) is 0 Å². The number of hydrogen-bond acceptors (Lipinski definition) is 3. The van der Waals surface area contributed by atoms with Gasteiger partial charge in [0, 0.05) is 14.3 Å². The van der Waals surface area contributed by atoms with Crippen LogP contribution in [0, 0.1) is 10.5 Å². The maximum absolute atomic E-state index is 12.2. The van der Waals surface area contributed by atoms with Crippen LogP contribution in [0.1, 0.15) is 5.56 Å². The number of nitrogens with zero attached hydrogens (tertiary/aromatic N) is 1. The third-order valence-electron chi connectivity index (χ3n) is 3.26. The van der Waals surface area contributed by atoms with E-state index >= 15 is 0 Å². The molecule has 0 spiro atoms. The number of carbonyl (C=O) groups excluding carboxylic acids is 1. The summed E-state index contributed by atoms with van der Waals surface area (Å²) in [4.78, 5) is 12.2. The first-order chi connectivity index (χ1) is 11.2. The van der Waals surface area contributed by atoms with Crippen molar-refractivity contribution in [1.29, 1.82) is 0 Å². The van der Waals surface area contributed by atoms with E-state index in [1.54, 1.807) is 42.5 Å². The van der Waals surface area contributed by atoms with E-state index in [1.807, 2.05) is 6.92 Å². The maximum Gasteiger partial charge on any atom is 0.245 e. The fraction of sp³-hybridized carbons (Fsp3) is 0.188. The van der Waals surface area contributed by atoms with Crippen molar-refractivity contribution in [2.45, 2.75) is 6.92 Å². The van der Waals surface area contributed by atoms with Crippen LogP contribution >= 0.6 is 34.2 Å². The van der Waals surface area contributed by atoms with Crippen molar-refractivity contribution in [3.63, 3.8) is 0 Å². The fourth-order valence-electron chi connectivity index (χ4n) is 2.01. The summed E-state index contributed by atoms with van der Waals surface area (Å²) in [5, 5.41) is 3.20. The molecule has 24 heavy (non-hydrogen) atoms. The predicted molar refractivity (Wildman–Crippen MR) is 106 cm³/mol. The van der Waals surface area contributed by atoms with Gasteiger partial charge in [0.15, 0.2) is 0 Å². The Morgan fingerprint density at radius 2 is 1.83 bits per heavy atom. The summed E-state index contributed by atoms with van der Waals surface area (Å²) < 4.78 is 26.1. The molecular formula is C16H16ClIN2O3S. The van der Waals surface area contributed by atoms with Crippen molar-refractivity contribution in [3.8, 4) is 0 Å². The summed E-state index contributed by atoms with van der Waals surface area (Å²) >= 11 is 8.16. The molecule has 2 rings (SSSR count). The number of hydrogen-bond donors (Lipinski definition) is 1. The van der Waals surface area contributed by atoms with E-state index in [1.165, 1.54) is 0 Å². The number of rotatable bonds is 5. The normalized spacial score (nSPS) is 11.2. The zero-order valence-electron chi connectivity index (χ0n) is 13.1. The van der Waals surface area contributed by atoms with Gasteiger partial charge in [0.2, 0.25) is 15.9 Å². The van der Waals surface area contributed by atoms with Crippen LogP contribution < -0.4 is 9.62 Å². The highest BCUT2D eigenvalue weighted by atomic mass is 127. The SMILES string of the molecule is Cc1ccc(NC(=O)CN(c2ccc(I)cc2)S(C)(=O)=O)cc1Cl. The third-order valence-corrected chi connectivity index (χ3v) is 5.52. The van der Waals surface area contributed by atoms with Gasteiger partial charge in [-0.3, -0.25) is 9.10 Å². The van der Waals surface area contributed by atoms with Crippen LogP contribution in [0.3, 0.4) is 0 Å². The molecule has 1 amide bonds. The van der Waals surface area contributed by atoms with E-state index in [2.05, 4.69) is 27.9 Å². The quantitative estimate of drug-likeness (QED) is 0.667. The monoisotopic (exact) mass is 478 g/mol. The number of benzene rings is 2. The van der Waals surface area contributed by atoms with Crippen LogP contribution in [-0.2, 0) is 14.8 Å². The topological polar surface area (TPSA) is 66.5 Å². The highest BCUT2D eigenvalue weighted by molar-refractivity contribution is 14.1. The van der Waals surface area contributed by atoms with Crippen molar-refractivity contribution in [2.24, 2.45) is 0 Å². The minimum atomic E-state index is -3.59. The summed E-state index contributed by atoms with van der Waals surface area (Å²) in [5.74, 6) is -0.445. The number of aryl methyl sites for hydroxylation is 1. The van der Waals surface area contributed by atoms with E-state index in [0.29, 0.717) is 16.4 Å². The molecule has 0 radical (unpaired) electrons. The van der Waals surface area contributed by atoms with Gasteiger partial charge in [0.1, 0.15) is 6.54 Å². The van der Waals surface area contributed by atoms with Gasteiger partial charge in [-0.1, -0.05) is 17.7 Å². The minimum Gasteiger partial charge on any atom is -0.324 e. The Kier molecular flexibility index (Phi) is 6.11. The van der Waals surface area contributed by atoms with Crippen molar-refractivity contribution < 1.29 is 13.2 Å². The summed E-state index contributed by atoms with van der Waals surface area (Å²) in [6.45, 7) is 1.54. The number of halogens is 2. The molecule has 0 fully saturated rings. The van der Waals surface area contributed by atoms with Crippen LogP contribution in [0.2, 0.25) is 5.02 Å². The highest BCUT2D eigenvalue weighted by Gasteiger charge is 2.21. The van der Waals surface area contributed by atoms with Gasteiger partial charge < -0.3 is 5.32 Å². The Labute approximate surface area is 160 Å². The number of nitrogens with one attached hydrogen (secondary N) is 1. The predicted octanol–water partition coefficient (Wildman–Crippen LogP) is 3.66. The third kappa shape index (κ3) is 5.09. The van der Waals surface area contributed by atoms with E-state index in [0.717, 1.165) is 19.7 Å². The van der Waals surface area contributed by atoms with Gasteiger partial charge in [0.25, 0.3) is 0 Å². The Balaban J connectivity index is 2.18. The lowest BCUT2D eigenvalue weighted by atomic mass is 10.2. The van der Waals surface area contributed by atoms with Gasteiger partial charge in [-0.05, 0) is 71.5 Å². The molecule has 1 N–H and O–H groups in total. The molecule has 0 atom stereocenters. The van der Waals surface area contributed by atoms with E-state index in [-0.39, 0.29) is 6.54 Å². The number of carbonyl (C=O) groups is 1. The molecule has 0 aliphatic rings. The molecule has 0 aliphatic carbocycles. The maximum atomic E-state index is 12.2. The fourth-order valence-corrected chi connectivity index (χ4v) is 3.41. The summed E-state index contributed by atoms with van der Waals surface area (Å²) in [7, 11) is -3.59. The van der Waals surface area contributed by atoms with Crippen molar-refractivity contribution in [3.05, 3.63) is 56.6 Å². The smallest absolute Gasteiger partial charge is 0.245 e. The molecule has 0 saturated heterocycles. The van der Waals surface area contributed by atoms with Crippen LogP contribution in [-0.4, -0.2) is 27.1 Å². The van der Waals surface area contributed by atoms with E-state index in [4.69, 9.17) is 11.6 Å². The minimum absolute atomic E-state index is 0.315. The molecule has 2 aromatic rings. The lowest BCUT2D eigenvalue weighted by Gasteiger charge is -2.22. The number of sulfonamides is 1. The molecule has 0 saturated carbocycles. The molecule has 0 aliphatic heterocycles. The van der Waals surface area contributed by atoms with Gasteiger partial charge in [0.05, 0.1) is 11.9 Å². The number of anilines is 2. The summed E-state index contributed by atoms with van der Waals surface area (Å²) in [6, 6.07) is 12.0. The Morgan fingerprint density at radius 1 is 1.21 bits per heavy atom. The van der Waals surface area contributed by atoms with Gasteiger partial charge in [-0.25, -0.2) is 8.42 Å². The van der Waals surface area contributed by atoms with E-state index in [9.17, 15) is 13.2 Å². The van der Waals surface area contributed by atoms with Crippen LogP contribution in [0.25, 0.3) is 0 Å². The van der Waals surface area contributed by atoms with Gasteiger partial charge >= 0.3 is 0 Å². The zero-order chi connectivity index (χ0) is 17.9. The number of amides is 1. The largest absolute Gasteiger partial charge is 0.324 e.